The highest BCUT2D eigenvalue weighted by Gasteiger charge is 2.41. The molecule has 4 nitrogen and oxygen atoms in total. The van der Waals surface area contributed by atoms with Crippen molar-refractivity contribution in [1.29, 1.82) is 0 Å². The molecular formula is C16H16FNO3. The van der Waals surface area contributed by atoms with Crippen molar-refractivity contribution in [3.8, 4) is 12.3 Å². The molecule has 0 radical (unpaired) electrons. The zero-order valence-corrected chi connectivity index (χ0v) is 11.7. The van der Waals surface area contributed by atoms with Gasteiger partial charge in [0.1, 0.15) is 18.7 Å². The van der Waals surface area contributed by atoms with Crippen LogP contribution < -0.4 is 0 Å². The van der Waals surface area contributed by atoms with Gasteiger partial charge >= 0.3 is 6.09 Å². The third-order valence-corrected chi connectivity index (χ3v) is 3.42. The molecule has 110 valence electrons. The second kappa shape index (κ2) is 6.40. The van der Waals surface area contributed by atoms with Crippen molar-refractivity contribution < 1.29 is 18.7 Å². The van der Waals surface area contributed by atoms with Gasteiger partial charge in [0.25, 0.3) is 0 Å². The number of carbonyl (C=O) groups is 2. The Bertz CT molecular complexity index is 565. The minimum atomic E-state index is -1.52. The van der Waals surface area contributed by atoms with Gasteiger partial charge < -0.3 is 4.74 Å². The second-order valence-corrected chi connectivity index (χ2v) is 4.95. The lowest BCUT2D eigenvalue weighted by Crippen LogP contribution is -2.45. The summed E-state index contributed by atoms with van der Waals surface area (Å²) in [6.07, 6.45) is 3.37. The van der Waals surface area contributed by atoms with Crippen LogP contribution in [-0.4, -0.2) is 35.7 Å². The van der Waals surface area contributed by atoms with E-state index in [1.807, 2.05) is 30.3 Å². The fraction of sp³-hybridized carbons (Fsp3) is 0.375. The van der Waals surface area contributed by atoms with E-state index >= 15 is 0 Å². The fourth-order valence-corrected chi connectivity index (χ4v) is 2.32. The van der Waals surface area contributed by atoms with Gasteiger partial charge in [-0.25, -0.2) is 14.1 Å². The first-order valence-corrected chi connectivity index (χ1v) is 6.68. The Balaban J connectivity index is 2.17. The van der Waals surface area contributed by atoms with E-state index in [9.17, 15) is 14.0 Å². The van der Waals surface area contributed by atoms with Crippen molar-refractivity contribution in [2.75, 3.05) is 6.61 Å². The Hall–Kier alpha value is -2.35. The number of halogens is 1. The topological polar surface area (TPSA) is 46.6 Å². The van der Waals surface area contributed by atoms with Gasteiger partial charge in [-0.15, -0.1) is 6.42 Å². The van der Waals surface area contributed by atoms with Crippen LogP contribution in [0.2, 0.25) is 0 Å². The Labute approximate surface area is 122 Å². The molecule has 0 saturated carbocycles. The van der Waals surface area contributed by atoms with E-state index < -0.39 is 30.1 Å². The Morgan fingerprint density at radius 2 is 2.19 bits per heavy atom. The van der Waals surface area contributed by atoms with Crippen molar-refractivity contribution in [2.24, 2.45) is 5.92 Å². The SMILES string of the molecule is C#C[C@@H](C(=O)N1C(=O)OC[C@H]1Cc1ccccc1)[C@@H](C)F. The van der Waals surface area contributed by atoms with Crippen LogP contribution in [0, 0.1) is 18.3 Å². The molecule has 2 amide bonds. The van der Waals surface area contributed by atoms with Gasteiger partial charge in [-0.3, -0.25) is 4.79 Å². The fourth-order valence-electron chi connectivity index (χ4n) is 2.32. The van der Waals surface area contributed by atoms with Crippen LogP contribution in [0.1, 0.15) is 12.5 Å². The van der Waals surface area contributed by atoms with Gasteiger partial charge in [0.15, 0.2) is 0 Å². The third-order valence-electron chi connectivity index (χ3n) is 3.42. The van der Waals surface area contributed by atoms with E-state index in [0.717, 1.165) is 10.5 Å². The largest absolute Gasteiger partial charge is 0.447 e. The standard InChI is InChI=1S/C16H16FNO3/c1-3-14(11(2)17)15(19)18-13(10-21-16(18)20)9-12-7-5-4-6-8-12/h1,4-8,11,13-14H,9-10H2,2H3/t11-,13-,14-/m1/s1. The lowest BCUT2D eigenvalue weighted by atomic mass is 10.0. The van der Waals surface area contributed by atoms with Crippen LogP contribution in [0.25, 0.3) is 0 Å². The summed E-state index contributed by atoms with van der Waals surface area (Å²) in [6, 6.07) is 8.94. The highest BCUT2D eigenvalue weighted by atomic mass is 19.1. The van der Waals surface area contributed by atoms with E-state index in [2.05, 4.69) is 5.92 Å². The number of cyclic esters (lactones) is 1. The molecule has 2 rings (SSSR count). The molecule has 21 heavy (non-hydrogen) atoms. The summed E-state index contributed by atoms with van der Waals surface area (Å²) in [5, 5.41) is 0. The average Bonchev–Trinajstić information content (AvgIpc) is 2.81. The van der Waals surface area contributed by atoms with Gasteiger partial charge in [-0.1, -0.05) is 36.3 Å². The molecule has 1 heterocycles. The molecule has 5 heteroatoms. The lowest BCUT2D eigenvalue weighted by Gasteiger charge is -2.23. The summed E-state index contributed by atoms with van der Waals surface area (Å²) in [7, 11) is 0. The number of ether oxygens (including phenoxy) is 1. The van der Waals surface area contributed by atoms with Crippen molar-refractivity contribution in [3.05, 3.63) is 35.9 Å². The first-order chi connectivity index (χ1) is 10.0. The molecule has 0 aromatic heterocycles. The molecule has 0 N–H and O–H groups in total. The predicted molar refractivity (Wildman–Crippen MR) is 75.0 cm³/mol. The van der Waals surface area contributed by atoms with E-state index in [0.29, 0.717) is 6.42 Å². The molecule has 0 bridgehead atoms. The first-order valence-electron chi connectivity index (χ1n) is 6.68. The zero-order chi connectivity index (χ0) is 15.4. The van der Waals surface area contributed by atoms with E-state index in [4.69, 9.17) is 11.2 Å². The van der Waals surface area contributed by atoms with E-state index in [-0.39, 0.29) is 6.61 Å². The number of carbonyl (C=O) groups excluding carboxylic acids is 2. The Morgan fingerprint density at radius 3 is 2.76 bits per heavy atom. The molecule has 1 saturated heterocycles. The maximum atomic E-state index is 13.4. The van der Waals surface area contributed by atoms with Gasteiger partial charge in [-0.05, 0) is 18.9 Å². The number of amides is 2. The van der Waals surface area contributed by atoms with Crippen molar-refractivity contribution in [1.82, 2.24) is 4.90 Å². The summed E-state index contributed by atoms with van der Waals surface area (Å²) >= 11 is 0. The second-order valence-electron chi connectivity index (χ2n) is 4.95. The maximum absolute atomic E-state index is 13.4. The van der Waals surface area contributed by atoms with Gasteiger partial charge in [0.2, 0.25) is 5.91 Å². The average molecular weight is 289 g/mol. The quantitative estimate of drug-likeness (QED) is 0.798. The van der Waals surface area contributed by atoms with Crippen LogP contribution in [0.4, 0.5) is 9.18 Å². The molecule has 0 unspecified atom stereocenters. The number of hydrogen-bond donors (Lipinski definition) is 0. The monoisotopic (exact) mass is 289 g/mol. The lowest BCUT2D eigenvalue weighted by molar-refractivity contribution is -0.133. The summed E-state index contributed by atoms with van der Waals surface area (Å²) in [5.74, 6) is 0.128. The van der Waals surface area contributed by atoms with Crippen LogP contribution in [0.5, 0.6) is 0 Å². The van der Waals surface area contributed by atoms with Crippen LogP contribution >= 0.6 is 0 Å². The molecule has 1 aliphatic heterocycles. The minimum absolute atomic E-state index is 0.0947. The first kappa shape index (κ1) is 15.0. The molecule has 1 aromatic rings. The van der Waals surface area contributed by atoms with E-state index in [1.54, 1.807) is 0 Å². The summed E-state index contributed by atoms with van der Waals surface area (Å²) < 4.78 is 18.3. The molecule has 0 aliphatic carbocycles. The van der Waals surface area contributed by atoms with E-state index in [1.165, 1.54) is 6.92 Å². The molecular weight excluding hydrogens is 273 g/mol. The normalized spacial score (nSPS) is 20.5. The summed E-state index contributed by atoms with van der Waals surface area (Å²) in [6.45, 7) is 1.30. The Kier molecular flexibility index (Phi) is 4.59. The number of benzene rings is 1. The molecule has 1 fully saturated rings. The number of rotatable bonds is 4. The molecule has 1 aliphatic rings. The van der Waals surface area contributed by atoms with Crippen LogP contribution in [0.15, 0.2) is 30.3 Å². The smallest absolute Gasteiger partial charge is 0.417 e. The molecule has 0 spiro atoms. The number of imide groups is 1. The number of alkyl halides is 1. The number of hydrogen-bond acceptors (Lipinski definition) is 3. The number of terminal acetylenes is 1. The third kappa shape index (κ3) is 3.22. The van der Waals surface area contributed by atoms with Gasteiger partial charge in [0.05, 0.1) is 6.04 Å². The highest BCUT2D eigenvalue weighted by Crippen LogP contribution is 2.21. The maximum Gasteiger partial charge on any atom is 0.417 e. The summed E-state index contributed by atoms with van der Waals surface area (Å²) in [5.41, 5.74) is 0.962. The van der Waals surface area contributed by atoms with Gasteiger partial charge in [-0.2, -0.15) is 0 Å². The molecule has 3 atom stereocenters. The van der Waals surface area contributed by atoms with Crippen LogP contribution in [0.3, 0.4) is 0 Å². The molecule has 1 aromatic carbocycles. The van der Waals surface area contributed by atoms with Crippen LogP contribution in [-0.2, 0) is 16.0 Å². The Morgan fingerprint density at radius 1 is 1.52 bits per heavy atom. The van der Waals surface area contributed by atoms with Crippen molar-refractivity contribution >= 4 is 12.0 Å². The summed E-state index contributed by atoms with van der Waals surface area (Å²) in [4.78, 5) is 25.0. The van der Waals surface area contributed by atoms with Crippen molar-refractivity contribution in [2.45, 2.75) is 25.6 Å². The number of nitrogens with zero attached hydrogens (tertiary/aromatic N) is 1. The zero-order valence-electron chi connectivity index (χ0n) is 11.7. The predicted octanol–water partition coefficient (Wildman–Crippen LogP) is 2.18. The highest BCUT2D eigenvalue weighted by molar-refractivity contribution is 5.96. The van der Waals surface area contributed by atoms with Crippen molar-refractivity contribution in [3.63, 3.8) is 0 Å². The minimum Gasteiger partial charge on any atom is -0.447 e. The van der Waals surface area contributed by atoms with Gasteiger partial charge in [0, 0.05) is 0 Å².